The molecule has 5 rings (SSSR count). The lowest BCUT2D eigenvalue weighted by Gasteiger charge is -2.34. The van der Waals surface area contributed by atoms with Crippen LogP contribution in [-0.4, -0.2) is 10.2 Å². The summed E-state index contributed by atoms with van der Waals surface area (Å²) in [7, 11) is 0. The van der Waals surface area contributed by atoms with Crippen molar-refractivity contribution in [1.82, 2.24) is 0 Å². The molecule has 2 heteroatoms. The molecule has 0 aliphatic carbocycles. The van der Waals surface area contributed by atoms with Gasteiger partial charge in [-0.1, -0.05) is 91.0 Å². The van der Waals surface area contributed by atoms with Crippen molar-refractivity contribution in [3.8, 4) is 11.5 Å². The average molecular weight is 390 g/mol. The van der Waals surface area contributed by atoms with Crippen LogP contribution >= 0.6 is 0 Å². The van der Waals surface area contributed by atoms with Crippen LogP contribution in [0.1, 0.15) is 23.6 Å². The minimum Gasteiger partial charge on any atom is -0.507 e. The molecule has 30 heavy (non-hydrogen) atoms. The number of aromatic hydroxyl groups is 2. The first-order valence-electron chi connectivity index (χ1n) is 10.1. The first-order chi connectivity index (χ1) is 14.6. The zero-order chi connectivity index (χ0) is 20.7. The van der Waals surface area contributed by atoms with Crippen molar-refractivity contribution in [2.45, 2.75) is 12.3 Å². The number of benzene rings is 5. The number of rotatable bonds is 3. The van der Waals surface area contributed by atoms with Gasteiger partial charge in [-0.2, -0.15) is 0 Å². The van der Waals surface area contributed by atoms with Crippen LogP contribution in [0.4, 0.5) is 0 Å². The molecule has 0 amide bonds. The van der Waals surface area contributed by atoms with E-state index < -0.39 is 5.41 Å². The third kappa shape index (κ3) is 2.65. The number of phenolic OH excluding ortho intramolecular Hbond substituents is 2. The Morgan fingerprint density at radius 3 is 1.33 bits per heavy atom. The van der Waals surface area contributed by atoms with Crippen molar-refractivity contribution in [2.24, 2.45) is 0 Å². The fraction of sp³-hybridized carbons (Fsp3) is 0.0714. The lowest BCUT2D eigenvalue weighted by Crippen LogP contribution is -2.26. The predicted octanol–water partition coefficient (Wildman–Crippen LogP) is 6.76. The van der Waals surface area contributed by atoms with Crippen LogP contribution in [0.25, 0.3) is 21.5 Å². The zero-order valence-corrected chi connectivity index (χ0v) is 16.7. The molecule has 0 spiro atoms. The summed E-state index contributed by atoms with van der Waals surface area (Å²) < 4.78 is 0. The van der Waals surface area contributed by atoms with Gasteiger partial charge in [0.15, 0.2) is 0 Å². The maximum Gasteiger partial charge on any atom is 0.123 e. The van der Waals surface area contributed by atoms with E-state index in [1.807, 2.05) is 54.6 Å². The Hall–Kier alpha value is -3.78. The minimum absolute atomic E-state index is 0.278. The second-order valence-electron chi connectivity index (χ2n) is 7.85. The van der Waals surface area contributed by atoms with E-state index >= 15 is 0 Å². The standard InChI is InChI=1S/C28H22O2/c1-28(19-9-3-2-4-10-19,24-15-17-26(29)22-13-7-5-11-20(22)24)25-16-18-27(30)23-14-8-6-12-21(23)25/h2-18,29-30H,1H3. The van der Waals surface area contributed by atoms with Crippen LogP contribution in [0, 0.1) is 0 Å². The molecule has 0 radical (unpaired) electrons. The fourth-order valence-corrected chi connectivity index (χ4v) is 4.67. The molecule has 5 aromatic rings. The topological polar surface area (TPSA) is 40.5 Å². The van der Waals surface area contributed by atoms with Gasteiger partial charge in [-0.25, -0.2) is 0 Å². The van der Waals surface area contributed by atoms with Gasteiger partial charge in [-0.15, -0.1) is 0 Å². The third-order valence-corrected chi connectivity index (χ3v) is 6.23. The van der Waals surface area contributed by atoms with Gasteiger partial charge in [0, 0.05) is 16.2 Å². The quantitative estimate of drug-likeness (QED) is 0.334. The lowest BCUT2D eigenvalue weighted by molar-refractivity contribution is 0.481. The normalized spacial score (nSPS) is 11.8. The summed E-state index contributed by atoms with van der Waals surface area (Å²) in [5.41, 5.74) is 2.87. The number of fused-ring (bicyclic) bond motifs is 2. The Kier molecular flexibility index (Phi) is 4.22. The molecule has 0 unspecified atom stereocenters. The largest absolute Gasteiger partial charge is 0.507 e. The highest BCUT2D eigenvalue weighted by atomic mass is 16.3. The number of hydrogen-bond acceptors (Lipinski definition) is 2. The molecule has 5 aromatic carbocycles. The van der Waals surface area contributed by atoms with Crippen LogP contribution in [0.15, 0.2) is 103 Å². The van der Waals surface area contributed by atoms with Gasteiger partial charge in [0.25, 0.3) is 0 Å². The molecular formula is C28H22O2. The maximum absolute atomic E-state index is 10.5. The summed E-state index contributed by atoms with van der Waals surface area (Å²) in [6.45, 7) is 2.22. The van der Waals surface area contributed by atoms with Crippen LogP contribution in [0.3, 0.4) is 0 Å². The summed E-state index contributed by atoms with van der Waals surface area (Å²) in [6, 6.07) is 33.9. The van der Waals surface area contributed by atoms with Crippen molar-refractivity contribution < 1.29 is 10.2 Å². The second kappa shape index (κ2) is 6.93. The minimum atomic E-state index is -0.498. The first kappa shape index (κ1) is 18.3. The van der Waals surface area contributed by atoms with Crippen LogP contribution in [-0.2, 0) is 5.41 Å². The lowest BCUT2D eigenvalue weighted by atomic mass is 9.68. The van der Waals surface area contributed by atoms with Crippen LogP contribution in [0.5, 0.6) is 11.5 Å². The summed E-state index contributed by atoms with van der Waals surface area (Å²) in [6.07, 6.45) is 0. The fourth-order valence-electron chi connectivity index (χ4n) is 4.67. The molecule has 0 bridgehead atoms. The van der Waals surface area contributed by atoms with E-state index in [0.717, 1.165) is 38.2 Å². The Balaban J connectivity index is 1.94. The molecule has 0 aliphatic heterocycles. The smallest absolute Gasteiger partial charge is 0.123 e. The van der Waals surface area contributed by atoms with E-state index in [0.29, 0.717) is 0 Å². The molecule has 0 aromatic heterocycles. The zero-order valence-electron chi connectivity index (χ0n) is 16.7. The predicted molar refractivity (Wildman–Crippen MR) is 123 cm³/mol. The van der Waals surface area contributed by atoms with Gasteiger partial charge in [-0.3, -0.25) is 0 Å². The Morgan fingerprint density at radius 2 is 0.867 bits per heavy atom. The average Bonchev–Trinajstić information content (AvgIpc) is 2.80. The Morgan fingerprint density at radius 1 is 0.467 bits per heavy atom. The highest BCUT2D eigenvalue weighted by Gasteiger charge is 2.34. The Bertz CT molecular complexity index is 1280. The van der Waals surface area contributed by atoms with Gasteiger partial charge in [0.05, 0.1) is 0 Å². The summed E-state index contributed by atoms with van der Waals surface area (Å²) in [5.74, 6) is 0.556. The van der Waals surface area contributed by atoms with Crippen molar-refractivity contribution in [3.63, 3.8) is 0 Å². The third-order valence-electron chi connectivity index (χ3n) is 6.23. The van der Waals surface area contributed by atoms with E-state index in [1.165, 1.54) is 0 Å². The first-order valence-corrected chi connectivity index (χ1v) is 10.1. The second-order valence-corrected chi connectivity index (χ2v) is 7.85. The molecule has 0 atom stereocenters. The molecule has 0 saturated heterocycles. The summed E-state index contributed by atoms with van der Waals surface area (Å²) >= 11 is 0. The molecule has 0 saturated carbocycles. The molecule has 0 heterocycles. The van der Waals surface area contributed by atoms with Gasteiger partial charge >= 0.3 is 0 Å². The van der Waals surface area contributed by atoms with Gasteiger partial charge < -0.3 is 10.2 Å². The van der Waals surface area contributed by atoms with E-state index in [4.69, 9.17) is 0 Å². The van der Waals surface area contributed by atoms with Gasteiger partial charge in [0.2, 0.25) is 0 Å². The van der Waals surface area contributed by atoms with E-state index in [1.54, 1.807) is 12.1 Å². The monoisotopic (exact) mass is 390 g/mol. The van der Waals surface area contributed by atoms with Gasteiger partial charge in [-0.05, 0) is 46.5 Å². The molecule has 146 valence electrons. The molecule has 2 N–H and O–H groups in total. The van der Waals surface area contributed by atoms with Crippen molar-refractivity contribution in [2.75, 3.05) is 0 Å². The number of phenols is 2. The highest BCUT2D eigenvalue weighted by molar-refractivity contribution is 5.96. The van der Waals surface area contributed by atoms with E-state index in [2.05, 4.69) is 43.3 Å². The molecular weight excluding hydrogens is 368 g/mol. The van der Waals surface area contributed by atoms with Crippen LogP contribution in [0.2, 0.25) is 0 Å². The van der Waals surface area contributed by atoms with Crippen LogP contribution < -0.4 is 0 Å². The molecule has 0 aliphatic rings. The van der Waals surface area contributed by atoms with Gasteiger partial charge in [0.1, 0.15) is 11.5 Å². The Labute approximate surface area is 175 Å². The summed E-state index contributed by atoms with van der Waals surface area (Å²) in [4.78, 5) is 0. The van der Waals surface area contributed by atoms with Crippen molar-refractivity contribution >= 4 is 21.5 Å². The van der Waals surface area contributed by atoms with E-state index in [-0.39, 0.29) is 11.5 Å². The molecule has 2 nitrogen and oxygen atoms in total. The number of hydrogen-bond donors (Lipinski definition) is 2. The molecule has 0 fully saturated rings. The summed E-state index contributed by atoms with van der Waals surface area (Å²) in [5, 5.41) is 24.7. The van der Waals surface area contributed by atoms with E-state index in [9.17, 15) is 10.2 Å². The SMILES string of the molecule is CC(c1ccccc1)(c1ccc(O)c2ccccc12)c1ccc(O)c2ccccc12. The highest BCUT2D eigenvalue weighted by Crippen LogP contribution is 2.46. The maximum atomic E-state index is 10.5. The van der Waals surface area contributed by atoms with Crippen molar-refractivity contribution in [3.05, 3.63) is 120 Å². The van der Waals surface area contributed by atoms with Crippen molar-refractivity contribution in [1.29, 1.82) is 0 Å².